The second-order valence-corrected chi connectivity index (χ2v) is 8.89. The van der Waals surface area contributed by atoms with Crippen LogP contribution >= 0.6 is 11.8 Å². The molecule has 0 radical (unpaired) electrons. The lowest BCUT2D eigenvalue weighted by Crippen LogP contribution is -2.05. The van der Waals surface area contributed by atoms with Crippen LogP contribution in [0.5, 0.6) is 11.5 Å². The van der Waals surface area contributed by atoms with Crippen molar-refractivity contribution in [1.29, 1.82) is 0 Å². The highest BCUT2D eigenvalue weighted by Crippen LogP contribution is 2.28. The van der Waals surface area contributed by atoms with Crippen LogP contribution in [-0.4, -0.2) is 39.1 Å². The summed E-state index contributed by atoms with van der Waals surface area (Å²) in [7, 11) is 3.29. The average molecular weight is 500 g/mol. The second kappa shape index (κ2) is 11.1. The second-order valence-electron chi connectivity index (χ2n) is 7.95. The number of aryl methyl sites for hydroxylation is 2. The fourth-order valence-electron chi connectivity index (χ4n) is 3.74. The zero-order valence-electron chi connectivity index (χ0n) is 20.0. The summed E-state index contributed by atoms with van der Waals surface area (Å²) in [6.45, 7) is 0. The summed E-state index contributed by atoms with van der Waals surface area (Å²) in [6.07, 6.45) is 1.63. The molecule has 0 amide bonds. The molecule has 182 valence electrons. The topological polar surface area (TPSA) is 88.1 Å². The van der Waals surface area contributed by atoms with E-state index >= 15 is 0 Å². The van der Waals surface area contributed by atoms with Gasteiger partial charge >= 0.3 is 0 Å². The molecule has 9 heteroatoms. The number of benzene rings is 3. The van der Waals surface area contributed by atoms with Gasteiger partial charge < -0.3 is 14.0 Å². The Kier molecular flexibility index (Phi) is 7.28. The van der Waals surface area contributed by atoms with Gasteiger partial charge in [-0.2, -0.15) is 4.98 Å². The maximum Gasteiger partial charge on any atom is 0.237 e. The average Bonchev–Trinajstić information content (AvgIpc) is 3.58. The molecular weight excluding hydrogens is 474 g/mol. The number of thioether (sulfide) groups is 1. The number of ether oxygens (including phenoxy) is 2. The van der Waals surface area contributed by atoms with Crippen LogP contribution in [-0.2, 0) is 18.6 Å². The third kappa shape index (κ3) is 5.41. The first-order chi connectivity index (χ1) is 17.7. The maximum absolute atomic E-state index is 5.50. The lowest BCUT2D eigenvalue weighted by atomic mass is 10.1. The molecule has 2 heterocycles. The van der Waals surface area contributed by atoms with E-state index in [-0.39, 0.29) is 0 Å². The summed E-state index contributed by atoms with van der Waals surface area (Å²) >= 11 is 1.50. The molecular formula is C27H25N5O3S. The van der Waals surface area contributed by atoms with E-state index in [0.717, 1.165) is 46.6 Å². The summed E-state index contributed by atoms with van der Waals surface area (Å²) in [5.74, 6) is 3.98. The standard InChI is InChI=1S/C27H25N5O3S/c1-33-22-13-9-20(10-14-22)26-28-25(35-31-26)18-36-27-30-29-24(17-8-19-6-4-3-5-7-19)32(27)21-11-15-23(34-2)16-12-21/h3-7,9-16H,8,17-18H2,1-2H3. The minimum absolute atomic E-state index is 0.468. The Morgan fingerprint density at radius 1 is 0.806 bits per heavy atom. The molecule has 5 rings (SSSR count). The Hall–Kier alpha value is -4.11. The largest absolute Gasteiger partial charge is 0.497 e. The van der Waals surface area contributed by atoms with Crippen LogP contribution in [0, 0.1) is 0 Å². The molecule has 0 fully saturated rings. The van der Waals surface area contributed by atoms with E-state index in [0.29, 0.717) is 17.5 Å². The van der Waals surface area contributed by atoms with Gasteiger partial charge in [0, 0.05) is 17.7 Å². The molecule has 0 aliphatic carbocycles. The number of rotatable bonds is 10. The first-order valence-corrected chi connectivity index (χ1v) is 12.4. The van der Waals surface area contributed by atoms with E-state index < -0.39 is 0 Å². The van der Waals surface area contributed by atoms with Crippen molar-refractivity contribution in [3.05, 3.63) is 96.1 Å². The lowest BCUT2D eigenvalue weighted by Gasteiger charge is -2.11. The first-order valence-electron chi connectivity index (χ1n) is 11.5. The molecule has 0 atom stereocenters. The van der Waals surface area contributed by atoms with Crippen LogP contribution in [0.2, 0.25) is 0 Å². The summed E-state index contributed by atoms with van der Waals surface area (Å²) < 4.78 is 18.1. The van der Waals surface area contributed by atoms with Crippen LogP contribution in [0.4, 0.5) is 0 Å². The molecule has 2 aromatic heterocycles. The third-order valence-electron chi connectivity index (χ3n) is 5.65. The molecule has 0 saturated heterocycles. The van der Waals surface area contributed by atoms with E-state index in [1.54, 1.807) is 14.2 Å². The Labute approximate surface area is 213 Å². The Morgan fingerprint density at radius 2 is 1.50 bits per heavy atom. The van der Waals surface area contributed by atoms with Crippen molar-refractivity contribution < 1.29 is 14.0 Å². The molecule has 0 unspecified atom stereocenters. The van der Waals surface area contributed by atoms with Gasteiger partial charge in [-0.3, -0.25) is 4.57 Å². The lowest BCUT2D eigenvalue weighted by molar-refractivity contribution is 0.391. The highest BCUT2D eigenvalue weighted by molar-refractivity contribution is 7.98. The van der Waals surface area contributed by atoms with E-state index in [9.17, 15) is 0 Å². The molecule has 0 spiro atoms. The first kappa shape index (κ1) is 23.6. The van der Waals surface area contributed by atoms with Crippen molar-refractivity contribution in [3.8, 4) is 28.6 Å². The quantitative estimate of drug-likeness (QED) is 0.236. The van der Waals surface area contributed by atoms with Gasteiger partial charge in [0.25, 0.3) is 0 Å². The molecule has 3 aromatic carbocycles. The van der Waals surface area contributed by atoms with Gasteiger partial charge in [0.15, 0.2) is 5.16 Å². The number of methoxy groups -OCH3 is 2. The zero-order valence-corrected chi connectivity index (χ0v) is 20.8. The van der Waals surface area contributed by atoms with Crippen molar-refractivity contribution in [2.45, 2.75) is 23.8 Å². The van der Waals surface area contributed by atoms with Crippen molar-refractivity contribution in [3.63, 3.8) is 0 Å². The van der Waals surface area contributed by atoms with Gasteiger partial charge in [0.05, 0.1) is 20.0 Å². The molecule has 36 heavy (non-hydrogen) atoms. The Morgan fingerprint density at radius 3 is 2.19 bits per heavy atom. The van der Waals surface area contributed by atoms with E-state index in [1.165, 1.54) is 17.3 Å². The monoisotopic (exact) mass is 499 g/mol. The molecule has 0 aliphatic rings. The Bertz CT molecular complexity index is 1400. The molecule has 0 bridgehead atoms. The number of hydrogen-bond acceptors (Lipinski definition) is 8. The smallest absolute Gasteiger partial charge is 0.237 e. The van der Waals surface area contributed by atoms with Gasteiger partial charge in [-0.1, -0.05) is 47.3 Å². The highest BCUT2D eigenvalue weighted by Gasteiger charge is 2.17. The van der Waals surface area contributed by atoms with Gasteiger partial charge in [-0.25, -0.2) is 0 Å². The van der Waals surface area contributed by atoms with Crippen LogP contribution in [0.3, 0.4) is 0 Å². The van der Waals surface area contributed by atoms with Crippen LogP contribution < -0.4 is 9.47 Å². The van der Waals surface area contributed by atoms with Crippen molar-refractivity contribution in [1.82, 2.24) is 24.9 Å². The van der Waals surface area contributed by atoms with Gasteiger partial charge in [-0.05, 0) is 60.5 Å². The molecule has 8 nitrogen and oxygen atoms in total. The van der Waals surface area contributed by atoms with Crippen LogP contribution in [0.25, 0.3) is 17.1 Å². The van der Waals surface area contributed by atoms with Crippen molar-refractivity contribution in [2.75, 3.05) is 14.2 Å². The minimum atomic E-state index is 0.468. The Balaban J connectivity index is 1.35. The predicted octanol–water partition coefficient (Wildman–Crippen LogP) is 5.41. The van der Waals surface area contributed by atoms with E-state index in [2.05, 4.69) is 49.2 Å². The normalized spacial score (nSPS) is 10.9. The van der Waals surface area contributed by atoms with Crippen LogP contribution in [0.15, 0.2) is 88.5 Å². The SMILES string of the molecule is COc1ccc(-c2noc(CSc3nnc(CCc4ccccc4)n3-c3ccc(OC)cc3)n2)cc1. The van der Waals surface area contributed by atoms with Gasteiger partial charge in [-0.15, -0.1) is 10.2 Å². The minimum Gasteiger partial charge on any atom is -0.497 e. The van der Waals surface area contributed by atoms with Crippen molar-refractivity contribution in [2.24, 2.45) is 0 Å². The molecule has 5 aromatic rings. The summed E-state index contributed by atoms with van der Waals surface area (Å²) in [5, 5.41) is 13.9. The molecule has 0 N–H and O–H groups in total. The van der Waals surface area contributed by atoms with Gasteiger partial charge in [0.2, 0.25) is 11.7 Å². The van der Waals surface area contributed by atoms with Crippen LogP contribution in [0.1, 0.15) is 17.3 Å². The number of nitrogens with zero attached hydrogens (tertiary/aromatic N) is 5. The summed E-state index contributed by atoms with van der Waals surface area (Å²) in [6, 6.07) is 25.8. The zero-order chi connectivity index (χ0) is 24.7. The summed E-state index contributed by atoms with van der Waals surface area (Å²) in [4.78, 5) is 4.55. The predicted molar refractivity (Wildman–Crippen MR) is 138 cm³/mol. The fraction of sp³-hybridized carbons (Fsp3) is 0.185. The van der Waals surface area contributed by atoms with E-state index in [4.69, 9.17) is 14.0 Å². The number of hydrogen-bond donors (Lipinski definition) is 0. The molecule has 0 aliphatic heterocycles. The van der Waals surface area contributed by atoms with Crippen molar-refractivity contribution >= 4 is 11.8 Å². The highest BCUT2D eigenvalue weighted by atomic mass is 32.2. The maximum atomic E-state index is 5.50. The van der Waals surface area contributed by atoms with Gasteiger partial charge in [0.1, 0.15) is 17.3 Å². The molecule has 0 saturated carbocycles. The fourth-order valence-corrected chi connectivity index (χ4v) is 4.55. The third-order valence-corrected chi connectivity index (χ3v) is 6.57. The number of aromatic nitrogens is 5. The van der Waals surface area contributed by atoms with E-state index in [1.807, 2.05) is 54.6 Å². The summed E-state index contributed by atoms with van der Waals surface area (Å²) in [5.41, 5.74) is 3.09.